The van der Waals surface area contributed by atoms with E-state index in [2.05, 4.69) is 121 Å². The summed E-state index contributed by atoms with van der Waals surface area (Å²) in [4.78, 5) is 10.5. The Morgan fingerprint density at radius 3 is 1.69 bits per heavy atom. The zero-order chi connectivity index (χ0) is 36.1. The molecule has 0 aliphatic rings. The van der Waals surface area contributed by atoms with Gasteiger partial charge < -0.3 is 4.57 Å². The van der Waals surface area contributed by atoms with E-state index in [0.29, 0.717) is 0 Å². The molecule has 2 aromatic heterocycles. The third-order valence-corrected chi connectivity index (χ3v) is 13.6. The summed E-state index contributed by atoms with van der Waals surface area (Å²) in [6.45, 7) is 0. The van der Waals surface area contributed by atoms with Crippen molar-refractivity contribution in [2.45, 2.75) is 0 Å². The van der Waals surface area contributed by atoms with E-state index in [1.54, 1.807) is 0 Å². The number of nitrogens with zero attached hydrogens (tertiary/aromatic N) is 2. The van der Waals surface area contributed by atoms with Gasteiger partial charge in [-0.15, -0.1) is 0 Å². The first-order chi connectivity index (χ1) is 26.6. The molecule has 8 aromatic carbocycles. The third kappa shape index (κ3) is 5.41. The number of rotatable bonds is 6. The van der Waals surface area contributed by atoms with Crippen molar-refractivity contribution in [2.24, 2.45) is 0 Å². The monoisotopic (exact) mass is 708 g/mol. The highest BCUT2D eigenvalue weighted by Gasteiger charge is 2.29. The summed E-state index contributed by atoms with van der Waals surface area (Å²) in [7, 11) is -3.06. The summed E-state index contributed by atoms with van der Waals surface area (Å²) in [5.41, 5.74) is 8.13. The van der Waals surface area contributed by atoms with Crippen molar-refractivity contribution < 1.29 is 4.57 Å². The number of aromatic nitrogens is 2. The predicted molar refractivity (Wildman–Crippen MR) is 228 cm³/mol. The fraction of sp³-hybridized carbons (Fsp3) is 0. The summed E-state index contributed by atoms with van der Waals surface area (Å²) >= 11 is 0. The molecule has 0 fully saturated rings. The molecule has 0 spiro atoms. The van der Waals surface area contributed by atoms with Gasteiger partial charge in [-0.2, -0.15) is 0 Å². The highest BCUT2D eigenvalue weighted by Crippen LogP contribution is 2.43. The molecule has 0 amide bonds. The largest absolute Gasteiger partial charge is 0.309 e. The maximum atomic E-state index is 15.0. The van der Waals surface area contributed by atoms with Crippen molar-refractivity contribution >= 4 is 66.4 Å². The van der Waals surface area contributed by atoms with Crippen LogP contribution in [0.5, 0.6) is 0 Å². The Bertz CT molecular complexity index is 3010. The Morgan fingerprint density at radius 1 is 0.370 bits per heavy atom. The van der Waals surface area contributed by atoms with E-state index in [1.807, 2.05) is 78.9 Å². The molecule has 54 heavy (non-hydrogen) atoms. The lowest BCUT2D eigenvalue weighted by Crippen LogP contribution is -2.24. The maximum absolute atomic E-state index is 15.0. The lowest BCUT2D eigenvalue weighted by Gasteiger charge is -2.20. The minimum absolute atomic E-state index is 0.831. The van der Waals surface area contributed by atoms with Crippen LogP contribution in [0.4, 0.5) is 0 Å². The van der Waals surface area contributed by atoms with Crippen LogP contribution in [0.2, 0.25) is 0 Å². The molecule has 0 saturated heterocycles. The number of hydrogen-bond donors (Lipinski definition) is 0. The van der Waals surface area contributed by atoms with Gasteiger partial charge in [0.05, 0.1) is 22.4 Å². The van der Waals surface area contributed by atoms with Crippen LogP contribution >= 0.6 is 7.14 Å². The number of fused-ring (bicyclic) bond motifs is 6. The second-order valence-electron chi connectivity index (χ2n) is 13.7. The Morgan fingerprint density at radius 2 is 0.944 bits per heavy atom. The molecular formula is C50H33N2OP. The average molecular weight is 709 g/mol. The van der Waals surface area contributed by atoms with Gasteiger partial charge in [-0.3, -0.25) is 0 Å². The van der Waals surface area contributed by atoms with E-state index >= 15 is 0 Å². The molecule has 0 saturated carbocycles. The van der Waals surface area contributed by atoms with Crippen molar-refractivity contribution in [3.8, 4) is 33.6 Å². The normalized spacial score (nSPS) is 11.8. The van der Waals surface area contributed by atoms with Crippen LogP contribution in [0.1, 0.15) is 0 Å². The van der Waals surface area contributed by atoms with E-state index in [9.17, 15) is 4.57 Å². The topological polar surface area (TPSA) is 42.9 Å². The number of hydrogen-bond acceptors (Lipinski definition) is 3. The highest BCUT2D eigenvalue weighted by molar-refractivity contribution is 7.85. The van der Waals surface area contributed by atoms with Crippen LogP contribution in [0, 0.1) is 0 Å². The van der Waals surface area contributed by atoms with Crippen molar-refractivity contribution in [3.05, 3.63) is 200 Å². The van der Waals surface area contributed by atoms with E-state index < -0.39 is 7.14 Å². The maximum Gasteiger partial charge on any atom is 0.171 e. The van der Waals surface area contributed by atoms with Crippen molar-refractivity contribution in [1.82, 2.24) is 9.97 Å². The van der Waals surface area contributed by atoms with Gasteiger partial charge in [-0.25, -0.2) is 9.97 Å². The SMILES string of the molecule is O=P(c1ccccc1)(c1ccccc1)c1ccc2cc(-c3ccc(-c4nc5ccccc5c5ccc6ccc(-c7ccccc7)nc6c45)cc3)ccc2c1. The first-order valence-electron chi connectivity index (χ1n) is 18.2. The molecule has 10 rings (SSSR count). The Kier molecular flexibility index (Phi) is 7.75. The zero-order valence-corrected chi connectivity index (χ0v) is 30.2. The minimum Gasteiger partial charge on any atom is -0.309 e. The minimum atomic E-state index is -3.06. The molecule has 0 atom stereocenters. The number of para-hydroxylation sites is 1. The summed E-state index contributed by atoms with van der Waals surface area (Å²) in [5.74, 6) is 0. The van der Waals surface area contributed by atoms with E-state index in [1.165, 1.54) is 0 Å². The summed E-state index contributed by atoms with van der Waals surface area (Å²) in [6, 6.07) is 68.5. The molecule has 0 unspecified atom stereocenters. The summed E-state index contributed by atoms with van der Waals surface area (Å²) in [6.07, 6.45) is 0. The number of benzene rings is 8. The average Bonchev–Trinajstić information content (AvgIpc) is 3.26. The summed E-state index contributed by atoms with van der Waals surface area (Å²) < 4.78 is 15.0. The molecule has 0 N–H and O–H groups in total. The molecule has 0 bridgehead atoms. The Balaban J connectivity index is 1.06. The molecule has 0 radical (unpaired) electrons. The quantitative estimate of drug-likeness (QED) is 0.128. The van der Waals surface area contributed by atoms with Crippen molar-refractivity contribution in [2.75, 3.05) is 0 Å². The number of pyridine rings is 2. The van der Waals surface area contributed by atoms with Gasteiger partial charge >= 0.3 is 0 Å². The highest BCUT2D eigenvalue weighted by atomic mass is 31.2. The smallest absolute Gasteiger partial charge is 0.171 e. The zero-order valence-electron chi connectivity index (χ0n) is 29.3. The van der Waals surface area contributed by atoms with E-state index in [-0.39, 0.29) is 0 Å². The lowest BCUT2D eigenvalue weighted by molar-refractivity contribution is 0.592. The first-order valence-corrected chi connectivity index (χ1v) is 19.9. The van der Waals surface area contributed by atoms with Gasteiger partial charge in [0.15, 0.2) is 7.14 Å². The fourth-order valence-corrected chi connectivity index (χ4v) is 10.4. The molecule has 0 aliphatic heterocycles. The van der Waals surface area contributed by atoms with Crippen LogP contribution in [0.3, 0.4) is 0 Å². The Hall–Kier alpha value is -6.67. The Labute approximate surface area is 313 Å². The van der Waals surface area contributed by atoms with Gasteiger partial charge in [0, 0.05) is 43.2 Å². The van der Waals surface area contributed by atoms with Gasteiger partial charge in [0.25, 0.3) is 0 Å². The molecule has 2 heterocycles. The van der Waals surface area contributed by atoms with Crippen LogP contribution in [-0.4, -0.2) is 9.97 Å². The second kappa shape index (κ2) is 13.1. The molecule has 10 aromatic rings. The summed E-state index contributed by atoms with van der Waals surface area (Å²) in [5, 5.41) is 9.05. The van der Waals surface area contributed by atoms with Crippen LogP contribution in [-0.2, 0) is 4.57 Å². The van der Waals surface area contributed by atoms with E-state index in [0.717, 1.165) is 92.9 Å². The first kappa shape index (κ1) is 32.0. The molecule has 254 valence electrons. The molecule has 0 aliphatic carbocycles. The van der Waals surface area contributed by atoms with Crippen LogP contribution in [0.25, 0.3) is 77.0 Å². The van der Waals surface area contributed by atoms with Crippen LogP contribution < -0.4 is 15.9 Å². The third-order valence-electron chi connectivity index (χ3n) is 10.5. The van der Waals surface area contributed by atoms with Gasteiger partial charge in [0.1, 0.15) is 0 Å². The van der Waals surface area contributed by atoms with Crippen molar-refractivity contribution in [3.63, 3.8) is 0 Å². The van der Waals surface area contributed by atoms with Gasteiger partial charge in [-0.05, 0) is 51.6 Å². The molecular weight excluding hydrogens is 676 g/mol. The standard InChI is InChI=1S/C50H33N2OP/c53-54(41-14-6-2-7-15-41,42-16-8-3-9-17-42)43-29-26-39-32-38(24-25-40(39)33-43)34-20-22-36(23-21-34)50-48-45(44-18-10-11-19-47(44)52-50)30-27-37-28-31-46(51-49(37)48)35-12-4-1-5-13-35/h1-33H. The lowest BCUT2D eigenvalue weighted by atomic mass is 9.95. The molecule has 3 nitrogen and oxygen atoms in total. The molecule has 4 heteroatoms. The fourth-order valence-electron chi connectivity index (χ4n) is 7.76. The van der Waals surface area contributed by atoms with Crippen LogP contribution in [0.15, 0.2) is 200 Å². The predicted octanol–water partition coefficient (Wildman–Crippen LogP) is 11.7. The second-order valence-corrected chi connectivity index (χ2v) is 16.5. The van der Waals surface area contributed by atoms with E-state index in [4.69, 9.17) is 9.97 Å². The van der Waals surface area contributed by atoms with Crippen molar-refractivity contribution in [1.29, 1.82) is 0 Å². The van der Waals surface area contributed by atoms with Gasteiger partial charge in [0.2, 0.25) is 0 Å². The van der Waals surface area contributed by atoms with Gasteiger partial charge in [-0.1, -0.05) is 176 Å².